The van der Waals surface area contributed by atoms with Crippen LogP contribution in [0.5, 0.6) is 0 Å². The van der Waals surface area contributed by atoms with Crippen LogP contribution in [0.25, 0.3) is 0 Å². The fourth-order valence-corrected chi connectivity index (χ4v) is 5.22. The number of nitrogens with zero attached hydrogens (tertiary/aromatic N) is 1. The number of hydrogen-bond donors (Lipinski definition) is 2. The quantitative estimate of drug-likeness (QED) is 0.119. The molecule has 2 aromatic carbocycles. The molecule has 0 aliphatic carbocycles. The Morgan fingerprint density at radius 1 is 0.929 bits per heavy atom. The smallest absolute Gasteiger partial charge is 0.352 e. The van der Waals surface area contributed by atoms with E-state index in [2.05, 4.69) is 79.6 Å². The van der Waals surface area contributed by atoms with Crippen molar-refractivity contribution in [3.63, 3.8) is 0 Å². The number of rotatable bonds is 12. The molecule has 1 saturated heterocycles. The molecule has 0 spiro atoms. The van der Waals surface area contributed by atoms with Crippen molar-refractivity contribution in [3.8, 4) is 0 Å². The van der Waals surface area contributed by atoms with E-state index >= 15 is 0 Å². The Kier molecular flexibility index (Phi) is 10.7. The first-order valence-corrected chi connectivity index (χ1v) is 15.2. The largest absolute Gasteiger partial charge is 0.419 e. The standard InChI is InChI=1S/C35H51N3O4/c1-11-12-13-14-15-27(22-25-16-18-26(19-17-25)34(4,5)6)36-31(29-32(39)41-35(7,8)42-33(29)40)37-30-23(2)20-28(38(9)10)21-24(30)3/h16-21,27,36-37H,11-15,22H2,1-10H3. The van der Waals surface area contributed by atoms with Gasteiger partial charge in [-0.25, -0.2) is 9.59 Å². The lowest BCUT2D eigenvalue weighted by Crippen LogP contribution is -2.45. The van der Waals surface area contributed by atoms with E-state index in [1.54, 1.807) is 13.8 Å². The van der Waals surface area contributed by atoms with Crippen molar-refractivity contribution in [2.75, 3.05) is 24.3 Å². The molecule has 1 aliphatic rings. The van der Waals surface area contributed by atoms with Gasteiger partial charge in [0.05, 0.1) is 0 Å². The van der Waals surface area contributed by atoms with Crippen molar-refractivity contribution in [1.82, 2.24) is 5.32 Å². The summed E-state index contributed by atoms with van der Waals surface area (Å²) in [6, 6.07) is 12.9. The molecule has 1 heterocycles. The van der Waals surface area contributed by atoms with E-state index in [-0.39, 0.29) is 17.0 Å². The topological polar surface area (TPSA) is 79.9 Å². The Morgan fingerprint density at radius 2 is 1.50 bits per heavy atom. The molecule has 0 saturated carbocycles. The third-order valence-corrected chi connectivity index (χ3v) is 7.68. The second kappa shape index (κ2) is 13.7. The molecule has 0 amide bonds. The number of unbranched alkanes of at least 4 members (excludes halogenated alkanes) is 3. The van der Waals surface area contributed by atoms with Crippen LogP contribution in [0.4, 0.5) is 11.4 Å². The molecular formula is C35H51N3O4. The summed E-state index contributed by atoms with van der Waals surface area (Å²) in [5.41, 5.74) is 6.30. The fraction of sp³-hybridized carbons (Fsp3) is 0.543. The predicted octanol–water partition coefficient (Wildman–Crippen LogP) is 7.30. The van der Waals surface area contributed by atoms with Gasteiger partial charge in [-0.15, -0.1) is 0 Å². The summed E-state index contributed by atoms with van der Waals surface area (Å²) in [6.45, 7) is 16.0. The predicted molar refractivity (Wildman–Crippen MR) is 172 cm³/mol. The molecular weight excluding hydrogens is 526 g/mol. The third-order valence-electron chi connectivity index (χ3n) is 7.68. The lowest BCUT2D eigenvalue weighted by Gasteiger charge is -2.32. The zero-order valence-corrected chi connectivity index (χ0v) is 27.4. The molecule has 1 unspecified atom stereocenters. The summed E-state index contributed by atoms with van der Waals surface area (Å²) in [5.74, 6) is -2.41. The van der Waals surface area contributed by atoms with E-state index in [0.717, 1.165) is 54.6 Å². The van der Waals surface area contributed by atoms with E-state index < -0.39 is 17.7 Å². The molecule has 7 nitrogen and oxygen atoms in total. The molecule has 1 atom stereocenters. The van der Waals surface area contributed by atoms with Crippen LogP contribution < -0.4 is 15.5 Å². The molecule has 0 aromatic heterocycles. The van der Waals surface area contributed by atoms with Gasteiger partial charge in [-0.2, -0.15) is 0 Å². The Hall–Kier alpha value is -3.48. The second-order valence-corrected chi connectivity index (χ2v) is 13.2. The molecule has 0 bridgehead atoms. The number of esters is 2. The average molecular weight is 578 g/mol. The summed E-state index contributed by atoms with van der Waals surface area (Å²) >= 11 is 0. The van der Waals surface area contributed by atoms with Gasteiger partial charge in [0.15, 0.2) is 5.57 Å². The minimum Gasteiger partial charge on any atom is -0.419 e. The Balaban J connectivity index is 2.03. The highest BCUT2D eigenvalue weighted by atomic mass is 16.7. The molecule has 230 valence electrons. The first-order valence-electron chi connectivity index (χ1n) is 15.2. The minimum absolute atomic E-state index is 0.0328. The number of carbonyl (C=O) groups excluding carboxylic acids is 2. The first-order chi connectivity index (χ1) is 19.6. The summed E-state index contributed by atoms with van der Waals surface area (Å²) in [6.07, 6.45) is 6.10. The van der Waals surface area contributed by atoms with E-state index in [0.29, 0.717) is 5.82 Å². The number of nitrogens with one attached hydrogen (secondary N) is 2. The summed E-state index contributed by atoms with van der Waals surface area (Å²) < 4.78 is 11.0. The maximum Gasteiger partial charge on any atom is 0.352 e. The number of ether oxygens (including phenoxy) is 2. The number of anilines is 2. The number of aryl methyl sites for hydroxylation is 2. The Morgan fingerprint density at radius 3 is 2.00 bits per heavy atom. The highest BCUT2D eigenvalue weighted by Gasteiger charge is 2.41. The van der Waals surface area contributed by atoms with Crippen molar-refractivity contribution in [1.29, 1.82) is 0 Å². The zero-order chi connectivity index (χ0) is 31.2. The second-order valence-electron chi connectivity index (χ2n) is 13.2. The number of benzene rings is 2. The van der Waals surface area contributed by atoms with E-state index in [4.69, 9.17) is 9.47 Å². The molecule has 2 aromatic rings. The van der Waals surface area contributed by atoms with Crippen LogP contribution in [0, 0.1) is 13.8 Å². The highest BCUT2D eigenvalue weighted by Crippen LogP contribution is 2.30. The van der Waals surface area contributed by atoms with Crippen LogP contribution >= 0.6 is 0 Å². The highest BCUT2D eigenvalue weighted by molar-refractivity contribution is 6.16. The van der Waals surface area contributed by atoms with Gasteiger partial charge >= 0.3 is 11.9 Å². The van der Waals surface area contributed by atoms with Crippen LogP contribution in [-0.4, -0.2) is 37.9 Å². The SMILES string of the molecule is CCCCCCC(Cc1ccc(C(C)(C)C)cc1)NC(Nc1c(C)cc(N(C)C)cc1C)=C1C(=O)OC(C)(C)OC1=O. The van der Waals surface area contributed by atoms with Crippen molar-refractivity contribution >= 4 is 23.3 Å². The van der Waals surface area contributed by atoms with Crippen molar-refractivity contribution < 1.29 is 19.1 Å². The number of cyclic esters (lactones) is 2. The molecule has 1 fully saturated rings. The van der Waals surface area contributed by atoms with Crippen molar-refractivity contribution in [3.05, 3.63) is 70.0 Å². The molecule has 1 aliphatic heterocycles. The maximum absolute atomic E-state index is 13.3. The van der Waals surface area contributed by atoms with Crippen LogP contribution in [0.15, 0.2) is 47.8 Å². The minimum atomic E-state index is -1.32. The van der Waals surface area contributed by atoms with Crippen LogP contribution in [0.1, 0.15) is 95.9 Å². The lowest BCUT2D eigenvalue weighted by molar-refractivity contribution is -0.222. The monoisotopic (exact) mass is 577 g/mol. The molecule has 42 heavy (non-hydrogen) atoms. The average Bonchev–Trinajstić information content (AvgIpc) is 2.86. The van der Waals surface area contributed by atoms with E-state index in [1.807, 2.05) is 27.9 Å². The first kappa shape index (κ1) is 33.0. The van der Waals surface area contributed by atoms with Gasteiger partial charge in [0.25, 0.3) is 5.79 Å². The molecule has 0 radical (unpaired) electrons. The van der Waals surface area contributed by atoms with Crippen LogP contribution in [0.3, 0.4) is 0 Å². The Bertz CT molecular complexity index is 1240. The van der Waals surface area contributed by atoms with Gasteiger partial charge in [0.2, 0.25) is 0 Å². The molecule has 7 heteroatoms. The van der Waals surface area contributed by atoms with Crippen molar-refractivity contribution in [2.45, 2.75) is 111 Å². The zero-order valence-electron chi connectivity index (χ0n) is 27.4. The van der Waals surface area contributed by atoms with Gasteiger partial charge in [0, 0.05) is 45.4 Å². The van der Waals surface area contributed by atoms with Crippen LogP contribution in [0.2, 0.25) is 0 Å². The van der Waals surface area contributed by atoms with Gasteiger partial charge in [-0.05, 0) is 66.5 Å². The summed E-state index contributed by atoms with van der Waals surface area (Å²) in [4.78, 5) is 28.6. The van der Waals surface area contributed by atoms with E-state index in [1.165, 1.54) is 17.5 Å². The lowest BCUT2D eigenvalue weighted by atomic mass is 9.86. The van der Waals surface area contributed by atoms with Gasteiger partial charge in [-0.1, -0.05) is 77.6 Å². The van der Waals surface area contributed by atoms with Gasteiger partial charge in [-0.3, -0.25) is 0 Å². The summed E-state index contributed by atoms with van der Waals surface area (Å²) in [7, 11) is 4.01. The number of carbonyl (C=O) groups is 2. The third kappa shape index (κ3) is 8.76. The maximum atomic E-state index is 13.3. The fourth-order valence-electron chi connectivity index (χ4n) is 5.22. The van der Waals surface area contributed by atoms with Gasteiger partial charge < -0.3 is 25.0 Å². The normalized spacial score (nSPS) is 15.5. The molecule has 3 rings (SSSR count). The van der Waals surface area contributed by atoms with Crippen molar-refractivity contribution in [2.24, 2.45) is 0 Å². The molecule has 2 N–H and O–H groups in total. The van der Waals surface area contributed by atoms with E-state index in [9.17, 15) is 9.59 Å². The number of hydrogen-bond acceptors (Lipinski definition) is 7. The summed E-state index contributed by atoms with van der Waals surface area (Å²) in [5, 5.41) is 7.01. The van der Waals surface area contributed by atoms with Crippen LogP contribution in [-0.2, 0) is 30.9 Å². The van der Waals surface area contributed by atoms with Gasteiger partial charge in [0.1, 0.15) is 5.82 Å². The Labute approximate surface area is 253 Å².